The second-order valence-electron chi connectivity index (χ2n) is 6.35. The Kier molecular flexibility index (Phi) is 4.54. The number of alkyl carbamates (subject to hydrolysis) is 1. The minimum atomic E-state index is -0.534. The van der Waals surface area contributed by atoms with Crippen molar-refractivity contribution in [2.45, 2.75) is 38.8 Å². The molecule has 3 N–H and O–H groups in total. The van der Waals surface area contributed by atoms with Gasteiger partial charge in [0.1, 0.15) is 11.4 Å². The van der Waals surface area contributed by atoms with Crippen LogP contribution >= 0.6 is 0 Å². The van der Waals surface area contributed by atoms with Crippen LogP contribution in [-0.4, -0.2) is 46.6 Å². The van der Waals surface area contributed by atoms with Gasteiger partial charge in [-0.25, -0.2) is 9.78 Å². The third-order valence-electron chi connectivity index (χ3n) is 3.23. The summed E-state index contributed by atoms with van der Waals surface area (Å²) in [4.78, 5) is 29.7. The molecule has 1 unspecified atom stereocenters. The van der Waals surface area contributed by atoms with E-state index in [1.807, 2.05) is 20.8 Å². The zero-order chi connectivity index (χ0) is 16.3. The van der Waals surface area contributed by atoms with Gasteiger partial charge >= 0.3 is 6.09 Å². The van der Waals surface area contributed by atoms with Gasteiger partial charge in [-0.1, -0.05) is 0 Å². The van der Waals surface area contributed by atoms with Gasteiger partial charge in [-0.05, 0) is 39.3 Å². The number of nitrogen functional groups attached to an aromatic ring is 1. The number of carbonyl (C=O) groups excluding carboxylic acids is 2. The number of ether oxygens (including phenoxy) is 1. The highest BCUT2D eigenvalue weighted by Crippen LogP contribution is 2.15. The Morgan fingerprint density at radius 2 is 2.14 bits per heavy atom. The molecular weight excluding hydrogens is 284 g/mol. The lowest BCUT2D eigenvalue weighted by Gasteiger charge is -2.22. The summed E-state index contributed by atoms with van der Waals surface area (Å²) in [5.74, 6) is 0.267. The van der Waals surface area contributed by atoms with Crippen LogP contribution in [-0.2, 0) is 4.74 Å². The normalized spacial score (nSPS) is 18.1. The molecule has 1 aliphatic heterocycles. The Morgan fingerprint density at radius 3 is 2.73 bits per heavy atom. The molecule has 1 aliphatic rings. The molecule has 1 saturated heterocycles. The first kappa shape index (κ1) is 16.1. The zero-order valence-corrected chi connectivity index (χ0v) is 13.1. The van der Waals surface area contributed by atoms with E-state index < -0.39 is 11.7 Å². The lowest BCUT2D eigenvalue weighted by Crippen LogP contribution is -2.41. The standard InChI is InChI=1S/C15H22N4O3/c1-15(2,3)22-14(21)18-11-6-7-19(9-11)13(20)10-4-5-12(16)17-8-10/h4-5,8,11H,6-7,9H2,1-3H3,(H2,16,17)(H,18,21). The molecule has 0 saturated carbocycles. The van der Waals surface area contributed by atoms with Crippen molar-refractivity contribution in [1.82, 2.24) is 15.2 Å². The maximum Gasteiger partial charge on any atom is 0.407 e. The molecule has 0 bridgehead atoms. The zero-order valence-electron chi connectivity index (χ0n) is 13.1. The summed E-state index contributed by atoms with van der Waals surface area (Å²) in [6.45, 7) is 6.48. The van der Waals surface area contributed by atoms with E-state index in [1.165, 1.54) is 6.20 Å². The van der Waals surface area contributed by atoms with Crippen LogP contribution in [0, 0.1) is 0 Å². The third kappa shape index (κ3) is 4.34. The average molecular weight is 306 g/mol. The van der Waals surface area contributed by atoms with Crippen molar-refractivity contribution < 1.29 is 14.3 Å². The van der Waals surface area contributed by atoms with Crippen LogP contribution in [0.2, 0.25) is 0 Å². The second kappa shape index (κ2) is 6.21. The first-order valence-electron chi connectivity index (χ1n) is 7.25. The predicted octanol–water partition coefficient (Wildman–Crippen LogP) is 1.40. The van der Waals surface area contributed by atoms with Crippen molar-refractivity contribution in [3.63, 3.8) is 0 Å². The van der Waals surface area contributed by atoms with Crippen LogP contribution in [0.1, 0.15) is 37.6 Å². The molecule has 1 aromatic rings. The van der Waals surface area contributed by atoms with Crippen molar-refractivity contribution in [2.75, 3.05) is 18.8 Å². The van der Waals surface area contributed by atoms with Crippen LogP contribution in [0.25, 0.3) is 0 Å². The Labute approximate surface area is 129 Å². The highest BCUT2D eigenvalue weighted by Gasteiger charge is 2.29. The highest BCUT2D eigenvalue weighted by atomic mass is 16.6. The number of nitrogens with zero attached hydrogens (tertiary/aromatic N) is 2. The quantitative estimate of drug-likeness (QED) is 0.861. The summed E-state index contributed by atoms with van der Waals surface area (Å²) < 4.78 is 5.22. The molecule has 1 fully saturated rings. The maximum atomic E-state index is 12.3. The van der Waals surface area contributed by atoms with Gasteiger partial charge in [0.15, 0.2) is 0 Å². The van der Waals surface area contributed by atoms with E-state index in [0.29, 0.717) is 30.9 Å². The molecule has 0 spiro atoms. The molecular formula is C15H22N4O3. The van der Waals surface area contributed by atoms with Gasteiger partial charge in [0.2, 0.25) is 0 Å². The van der Waals surface area contributed by atoms with Gasteiger partial charge in [-0.3, -0.25) is 4.79 Å². The third-order valence-corrected chi connectivity index (χ3v) is 3.23. The Hall–Kier alpha value is -2.31. The number of amides is 2. The summed E-state index contributed by atoms with van der Waals surface area (Å²) >= 11 is 0. The molecule has 0 radical (unpaired) electrons. The van der Waals surface area contributed by atoms with Gasteiger partial charge in [0, 0.05) is 19.3 Å². The predicted molar refractivity (Wildman–Crippen MR) is 82.3 cm³/mol. The number of anilines is 1. The van der Waals surface area contributed by atoms with E-state index in [-0.39, 0.29) is 11.9 Å². The molecule has 0 aliphatic carbocycles. The fourth-order valence-corrected chi connectivity index (χ4v) is 2.25. The largest absolute Gasteiger partial charge is 0.444 e. The summed E-state index contributed by atoms with van der Waals surface area (Å²) in [7, 11) is 0. The number of hydrogen-bond acceptors (Lipinski definition) is 5. The van der Waals surface area contributed by atoms with Gasteiger partial charge in [-0.15, -0.1) is 0 Å². The van der Waals surface area contributed by atoms with Gasteiger partial charge in [0.25, 0.3) is 5.91 Å². The van der Waals surface area contributed by atoms with Crippen molar-refractivity contribution in [3.05, 3.63) is 23.9 Å². The number of nitrogens with two attached hydrogens (primary N) is 1. The number of pyridine rings is 1. The number of carbonyl (C=O) groups is 2. The minimum Gasteiger partial charge on any atom is -0.444 e. The first-order valence-corrected chi connectivity index (χ1v) is 7.25. The fraction of sp³-hybridized carbons (Fsp3) is 0.533. The van der Waals surface area contributed by atoms with Gasteiger partial charge in [-0.2, -0.15) is 0 Å². The Bertz CT molecular complexity index is 551. The van der Waals surface area contributed by atoms with Crippen LogP contribution < -0.4 is 11.1 Å². The van der Waals surface area contributed by atoms with Crippen molar-refractivity contribution in [3.8, 4) is 0 Å². The summed E-state index contributed by atoms with van der Waals surface area (Å²) in [5.41, 5.74) is 5.47. The van der Waals surface area contributed by atoms with Crippen LogP contribution in [0.15, 0.2) is 18.3 Å². The van der Waals surface area contributed by atoms with E-state index >= 15 is 0 Å². The molecule has 120 valence electrons. The second-order valence-corrected chi connectivity index (χ2v) is 6.35. The lowest BCUT2D eigenvalue weighted by molar-refractivity contribution is 0.0502. The molecule has 1 aromatic heterocycles. The molecule has 2 heterocycles. The van der Waals surface area contributed by atoms with E-state index in [9.17, 15) is 9.59 Å². The van der Waals surface area contributed by atoms with Crippen molar-refractivity contribution >= 4 is 17.8 Å². The summed E-state index contributed by atoms with van der Waals surface area (Å²) in [5, 5.41) is 2.79. The molecule has 2 rings (SSSR count). The molecule has 7 nitrogen and oxygen atoms in total. The van der Waals surface area contributed by atoms with Crippen molar-refractivity contribution in [2.24, 2.45) is 0 Å². The monoisotopic (exact) mass is 306 g/mol. The van der Waals surface area contributed by atoms with Crippen molar-refractivity contribution in [1.29, 1.82) is 0 Å². The average Bonchev–Trinajstić information content (AvgIpc) is 2.85. The maximum absolute atomic E-state index is 12.3. The Balaban J connectivity index is 1.88. The number of likely N-dealkylation sites (tertiary alicyclic amines) is 1. The van der Waals surface area contributed by atoms with E-state index in [2.05, 4.69) is 10.3 Å². The number of nitrogens with one attached hydrogen (secondary N) is 1. The van der Waals surface area contributed by atoms with Crippen LogP contribution in [0.5, 0.6) is 0 Å². The summed E-state index contributed by atoms with van der Waals surface area (Å²) in [6.07, 6.45) is 1.71. The molecule has 22 heavy (non-hydrogen) atoms. The highest BCUT2D eigenvalue weighted by molar-refractivity contribution is 5.94. The topological polar surface area (TPSA) is 97.5 Å². The molecule has 0 aromatic carbocycles. The fourth-order valence-electron chi connectivity index (χ4n) is 2.25. The minimum absolute atomic E-state index is 0.0967. The Morgan fingerprint density at radius 1 is 1.41 bits per heavy atom. The summed E-state index contributed by atoms with van der Waals surface area (Å²) in [6, 6.07) is 3.15. The van der Waals surface area contributed by atoms with Crippen LogP contribution in [0.4, 0.5) is 10.6 Å². The SMILES string of the molecule is CC(C)(C)OC(=O)NC1CCN(C(=O)c2ccc(N)nc2)C1. The van der Waals surface area contributed by atoms with E-state index in [0.717, 1.165) is 0 Å². The first-order chi connectivity index (χ1) is 10.2. The van der Waals surface area contributed by atoms with Gasteiger partial charge < -0.3 is 20.7 Å². The van der Waals surface area contributed by atoms with Gasteiger partial charge in [0.05, 0.1) is 11.6 Å². The number of rotatable bonds is 2. The number of aromatic nitrogens is 1. The number of hydrogen-bond donors (Lipinski definition) is 2. The molecule has 1 atom stereocenters. The molecule has 7 heteroatoms. The molecule has 2 amide bonds. The lowest BCUT2D eigenvalue weighted by atomic mass is 10.2. The smallest absolute Gasteiger partial charge is 0.407 e. The van der Waals surface area contributed by atoms with E-state index in [1.54, 1.807) is 17.0 Å². The van der Waals surface area contributed by atoms with Crippen LogP contribution in [0.3, 0.4) is 0 Å². The van der Waals surface area contributed by atoms with E-state index in [4.69, 9.17) is 10.5 Å².